The number of hydrogen-bond donors (Lipinski definition) is 2. The fraction of sp³-hybridized carbons (Fsp3) is 0.0833. The van der Waals surface area contributed by atoms with Gasteiger partial charge in [-0.3, -0.25) is 10.2 Å². The minimum Gasteiger partial charge on any atom is -0.359 e. The first-order valence-electron chi connectivity index (χ1n) is 5.79. The molecule has 3 rings (SSSR count). The molecular weight excluding hydrogens is 278 g/mol. The standard InChI is InChI=1S/C12H11N5O2S/c13-15-12(18)9-6-8(19-16-9)7-17-4-3-14-11(17)10-2-1-5-20-10/h1-6H,7,13H2,(H,15,18). The number of nitrogens with two attached hydrogens (primary N) is 1. The van der Waals surface area contributed by atoms with Crippen LogP contribution in [0.15, 0.2) is 40.5 Å². The number of nitrogen functional groups attached to an aromatic ring is 1. The van der Waals surface area contributed by atoms with Crippen LogP contribution in [-0.4, -0.2) is 20.6 Å². The summed E-state index contributed by atoms with van der Waals surface area (Å²) in [5.74, 6) is 5.96. The van der Waals surface area contributed by atoms with Crippen LogP contribution >= 0.6 is 11.3 Å². The second-order valence-corrected chi connectivity index (χ2v) is 4.96. The quantitative estimate of drug-likeness (QED) is 0.428. The van der Waals surface area contributed by atoms with E-state index in [4.69, 9.17) is 10.4 Å². The van der Waals surface area contributed by atoms with Crippen LogP contribution in [0.5, 0.6) is 0 Å². The molecule has 0 unspecified atom stereocenters. The van der Waals surface area contributed by atoms with Crippen molar-refractivity contribution in [3.63, 3.8) is 0 Å². The largest absolute Gasteiger partial charge is 0.359 e. The molecule has 3 aromatic heterocycles. The third-order valence-corrected chi connectivity index (χ3v) is 3.57. The Bertz CT molecular complexity index is 716. The number of aromatic nitrogens is 3. The number of amides is 1. The van der Waals surface area contributed by atoms with Crippen LogP contribution in [0.1, 0.15) is 16.2 Å². The van der Waals surface area contributed by atoms with Crippen LogP contribution in [0.25, 0.3) is 10.7 Å². The van der Waals surface area contributed by atoms with Gasteiger partial charge in [0, 0.05) is 18.5 Å². The fourth-order valence-corrected chi connectivity index (χ4v) is 2.54. The lowest BCUT2D eigenvalue weighted by Gasteiger charge is -2.02. The lowest BCUT2D eigenvalue weighted by Crippen LogP contribution is -2.30. The van der Waals surface area contributed by atoms with Crippen LogP contribution in [0, 0.1) is 0 Å². The number of nitrogens with zero attached hydrogens (tertiary/aromatic N) is 3. The van der Waals surface area contributed by atoms with Crippen molar-refractivity contribution in [3.8, 4) is 10.7 Å². The second-order valence-electron chi connectivity index (χ2n) is 4.01. The summed E-state index contributed by atoms with van der Waals surface area (Å²) in [6.45, 7) is 0.443. The Kier molecular flexibility index (Phi) is 3.32. The summed E-state index contributed by atoms with van der Waals surface area (Å²) in [6.07, 6.45) is 3.57. The molecule has 102 valence electrons. The zero-order valence-corrected chi connectivity index (χ0v) is 11.1. The van der Waals surface area contributed by atoms with Crippen molar-refractivity contribution in [2.45, 2.75) is 6.54 Å². The average Bonchev–Trinajstić information content (AvgIpc) is 3.18. The van der Waals surface area contributed by atoms with Crippen molar-refractivity contribution in [1.29, 1.82) is 0 Å². The molecule has 0 fully saturated rings. The van der Waals surface area contributed by atoms with Crippen molar-refractivity contribution in [1.82, 2.24) is 20.1 Å². The molecule has 0 radical (unpaired) electrons. The van der Waals surface area contributed by atoms with Gasteiger partial charge in [0.2, 0.25) is 0 Å². The average molecular weight is 289 g/mol. The molecule has 0 aliphatic rings. The molecule has 8 heteroatoms. The van der Waals surface area contributed by atoms with Gasteiger partial charge in [-0.05, 0) is 11.4 Å². The van der Waals surface area contributed by atoms with Crippen molar-refractivity contribution in [2.24, 2.45) is 5.84 Å². The highest BCUT2D eigenvalue weighted by atomic mass is 32.1. The van der Waals surface area contributed by atoms with E-state index in [0.29, 0.717) is 12.3 Å². The summed E-state index contributed by atoms with van der Waals surface area (Å²) in [4.78, 5) is 16.7. The fourth-order valence-electron chi connectivity index (χ4n) is 1.80. The highest BCUT2D eigenvalue weighted by Gasteiger charge is 2.13. The molecule has 0 aliphatic carbocycles. The van der Waals surface area contributed by atoms with Gasteiger partial charge in [-0.25, -0.2) is 10.8 Å². The Morgan fingerprint density at radius 1 is 1.55 bits per heavy atom. The van der Waals surface area contributed by atoms with Crippen LogP contribution < -0.4 is 11.3 Å². The molecule has 0 aliphatic heterocycles. The van der Waals surface area contributed by atoms with E-state index in [1.807, 2.05) is 33.7 Å². The van der Waals surface area contributed by atoms with Crippen molar-refractivity contribution in [2.75, 3.05) is 0 Å². The minimum atomic E-state index is -0.482. The maximum absolute atomic E-state index is 11.3. The number of hydrazine groups is 1. The molecule has 0 bridgehead atoms. The van der Waals surface area contributed by atoms with Crippen LogP contribution in [0.3, 0.4) is 0 Å². The van der Waals surface area contributed by atoms with Crippen LogP contribution in [0.2, 0.25) is 0 Å². The molecule has 0 atom stereocenters. The molecule has 7 nitrogen and oxygen atoms in total. The van der Waals surface area contributed by atoms with E-state index in [0.717, 1.165) is 10.7 Å². The molecule has 3 heterocycles. The lowest BCUT2D eigenvalue weighted by molar-refractivity contribution is 0.0944. The summed E-state index contributed by atoms with van der Waals surface area (Å²) in [5, 5.41) is 5.65. The summed E-state index contributed by atoms with van der Waals surface area (Å²) < 4.78 is 7.05. The molecular formula is C12H11N5O2S. The second kappa shape index (κ2) is 5.27. The van der Waals surface area contributed by atoms with Gasteiger partial charge >= 0.3 is 0 Å². The first kappa shape index (κ1) is 12.6. The predicted molar refractivity (Wildman–Crippen MR) is 72.8 cm³/mol. The van der Waals surface area contributed by atoms with E-state index in [9.17, 15) is 4.79 Å². The van der Waals surface area contributed by atoms with Gasteiger partial charge < -0.3 is 9.09 Å². The molecule has 0 saturated heterocycles. The first-order valence-corrected chi connectivity index (χ1v) is 6.67. The van der Waals surface area contributed by atoms with E-state index >= 15 is 0 Å². The van der Waals surface area contributed by atoms with Crippen molar-refractivity contribution >= 4 is 17.2 Å². The SMILES string of the molecule is NNC(=O)c1cc(Cn2ccnc2-c2cccs2)on1. The Hall–Kier alpha value is -2.45. The van der Waals surface area contributed by atoms with Gasteiger partial charge in [-0.1, -0.05) is 11.2 Å². The molecule has 0 aromatic carbocycles. The van der Waals surface area contributed by atoms with Gasteiger partial charge in [0.05, 0.1) is 11.4 Å². The third kappa shape index (κ3) is 2.33. The predicted octanol–water partition coefficient (Wildman–Crippen LogP) is 1.25. The van der Waals surface area contributed by atoms with Crippen molar-refractivity contribution < 1.29 is 9.32 Å². The zero-order chi connectivity index (χ0) is 13.9. The van der Waals surface area contributed by atoms with E-state index in [2.05, 4.69) is 10.1 Å². The number of thiophene rings is 1. The van der Waals surface area contributed by atoms with Gasteiger partial charge in [0.25, 0.3) is 5.91 Å². The maximum atomic E-state index is 11.3. The number of nitrogens with one attached hydrogen (secondary N) is 1. The van der Waals surface area contributed by atoms with Crippen LogP contribution in [0.4, 0.5) is 0 Å². The van der Waals surface area contributed by atoms with Crippen LogP contribution in [-0.2, 0) is 6.54 Å². The van der Waals surface area contributed by atoms with E-state index < -0.39 is 5.91 Å². The highest BCUT2D eigenvalue weighted by molar-refractivity contribution is 7.13. The Morgan fingerprint density at radius 2 is 2.45 bits per heavy atom. The molecule has 3 aromatic rings. The highest BCUT2D eigenvalue weighted by Crippen LogP contribution is 2.23. The first-order chi connectivity index (χ1) is 9.78. The van der Waals surface area contributed by atoms with Gasteiger partial charge in [-0.2, -0.15) is 0 Å². The zero-order valence-electron chi connectivity index (χ0n) is 10.3. The maximum Gasteiger partial charge on any atom is 0.287 e. The molecule has 3 N–H and O–H groups in total. The van der Waals surface area contributed by atoms with Gasteiger partial charge in [0.1, 0.15) is 5.82 Å². The summed E-state index contributed by atoms with van der Waals surface area (Å²) in [7, 11) is 0. The Balaban J connectivity index is 1.84. The molecule has 20 heavy (non-hydrogen) atoms. The van der Waals surface area contributed by atoms with Crippen molar-refractivity contribution in [3.05, 3.63) is 47.4 Å². The lowest BCUT2D eigenvalue weighted by atomic mass is 10.3. The summed E-state index contributed by atoms with van der Waals surface area (Å²) >= 11 is 1.61. The third-order valence-electron chi connectivity index (χ3n) is 2.71. The Labute approximate surface area is 118 Å². The molecule has 0 spiro atoms. The van der Waals surface area contributed by atoms with E-state index in [-0.39, 0.29) is 5.69 Å². The number of carbonyl (C=O) groups excluding carboxylic acids is 1. The number of carbonyl (C=O) groups is 1. The van der Waals surface area contributed by atoms with E-state index in [1.54, 1.807) is 23.6 Å². The Morgan fingerprint density at radius 3 is 3.20 bits per heavy atom. The topological polar surface area (TPSA) is 99.0 Å². The minimum absolute atomic E-state index is 0.153. The molecule has 0 saturated carbocycles. The molecule has 1 amide bonds. The van der Waals surface area contributed by atoms with Gasteiger partial charge in [0.15, 0.2) is 11.5 Å². The summed E-state index contributed by atoms with van der Waals surface area (Å²) in [6, 6.07) is 5.52. The van der Waals surface area contributed by atoms with Gasteiger partial charge in [-0.15, -0.1) is 11.3 Å². The number of rotatable bonds is 4. The number of hydrogen-bond acceptors (Lipinski definition) is 6. The normalized spacial score (nSPS) is 10.7. The summed E-state index contributed by atoms with van der Waals surface area (Å²) in [5.41, 5.74) is 2.16. The smallest absolute Gasteiger partial charge is 0.287 e. The van der Waals surface area contributed by atoms with E-state index in [1.165, 1.54) is 0 Å². The number of imidazole rings is 1. The monoisotopic (exact) mass is 289 g/mol.